The first kappa shape index (κ1) is 15.4. The largest absolute Gasteiger partial charge is 0.508 e. The van der Waals surface area contributed by atoms with Crippen molar-refractivity contribution in [2.45, 2.75) is 51.6 Å². The van der Waals surface area contributed by atoms with Gasteiger partial charge in [-0.15, -0.1) is 0 Å². The number of hydrogen-bond donors (Lipinski definition) is 2. The van der Waals surface area contributed by atoms with Crippen molar-refractivity contribution in [2.75, 3.05) is 0 Å². The van der Waals surface area contributed by atoms with Crippen LogP contribution in [0.5, 0.6) is 11.5 Å². The van der Waals surface area contributed by atoms with Gasteiger partial charge in [0.25, 0.3) is 0 Å². The molecule has 1 atom stereocenters. The molecule has 0 aliphatic carbocycles. The number of carbonyl (C=O) groups excluding carboxylic acids is 2. The molecule has 0 radical (unpaired) electrons. The van der Waals surface area contributed by atoms with Crippen molar-refractivity contribution < 1.29 is 24.5 Å². The van der Waals surface area contributed by atoms with Gasteiger partial charge in [-0.1, -0.05) is 6.42 Å². The van der Waals surface area contributed by atoms with Gasteiger partial charge in [0.15, 0.2) is 5.78 Å². The molecule has 0 unspecified atom stereocenters. The summed E-state index contributed by atoms with van der Waals surface area (Å²) in [5.41, 5.74) is 0.438. The molecule has 0 fully saturated rings. The molecule has 1 heterocycles. The maximum atomic E-state index is 12.2. The monoisotopic (exact) mass is 292 g/mol. The summed E-state index contributed by atoms with van der Waals surface area (Å²) < 4.78 is 5.28. The van der Waals surface area contributed by atoms with Crippen LogP contribution in [0.15, 0.2) is 12.1 Å². The Balaban J connectivity index is 2.36. The van der Waals surface area contributed by atoms with Crippen LogP contribution < -0.4 is 0 Å². The molecule has 5 heteroatoms. The molecule has 1 aliphatic rings. The first-order valence-electron chi connectivity index (χ1n) is 7.25. The third-order valence-electron chi connectivity index (χ3n) is 3.64. The second kappa shape index (κ2) is 6.61. The zero-order valence-corrected chi connectivity index (χ0v) is 12.1. The molecular formula is C16H20O5. The lowest BCUT2D eigenvalue weighted by Crippen LogP contribution is -2.18. The summed E-state index contributed by atoms with van der Waals surface area (Å²) in [6.07, 6.45) is 3.32. The minimum atomic E-state index is -0.456. The van der Waals surface area contributed by atoms with Crippen LogP contribution in [0.1, 0.15) is 54.9 Å². The number of phenolic OH excluding ortho intramolecular Hbond substituents is 2. The normalized spacial score (nSPS) is 20.9. The van der Waals surface area contributed by atoms with E-state index in [0.717, 1.165) is 31.7 Å². The van der Waals surface area contributed by atoms with Gasteiger partial charge >= 0.3 is 5.97 Å². The van der Waals surface area contributed by atoms with Gasteiger partial charge in [0.2, 0.25) is 0 Å². The summed E-state index contributed by atoms with van der Waals surface area (Å²) in [5.74, 6) is -1.12. The Morgan fingerprint density at radius 3 is 2.67 bits per heavy atom. The van der Waals surface area contributed by atoms with Crippen molar-refractivity contribution >= 4 is 11.8 Å². The van der Waals surface area contributed by atoms with Crippen molar-refractivity contribution in [1.29, 1.82) is 0 Å². The number of esters is 1. The highest BCUT2D eigenvalue weighted by Gasteiger charge is 2.21. The van der Waals surface area contributed by atoms with E-state index in [0.29, 0.717) is 12.0 Å². The van der Waals surface area contributed by atoms with E-state index < -0.39 is 5.97 Å². The minimum absolute atomic E-state index is 0.123. The van der Waals surface area contributed by atoms with E-state index in [2.05, 4.69) is 0 Å². The first-order chi connectivity index (χ1) is 9.97. The molecule has 0 bridgehead atoms. The third-order valence-corrected chi connectivity index (χ3v) is 3.64. The van der Waals surface area contributed by atoms with Gasteiger partial charge in [-0.25, -0.2) is 0 Å². The summed E-state index contributed by atoms with van der Waals surface area (Å²) in [7, 11) is 0. The van der Waals surface area contributed by atoms with Crippen LogP contribution in [0.3, 0.4) is 0 Å². The van der Waals surface area contributed by atoms with E-state index in [1.54, 1.807) is 0 Å². The number of fused-ring (bicyclic) bond motifs is 1. The van der Waals surface area contributed by atoms with Crippen LogP contribution in [0.25, 0.3) is 0 Å². The van der Waals surface area contributed by atoms with Crippen LogP contribution in [0.2, 0.25) is 0 Å². The minimum Gasteiger partial charge on any atom is -0.508 e. The van der Waals surface area contributed by atoms with Gasteiger partial charge in [-0.05, 0) is 37.8 Å². The maximum absolute atomic E-state index is 12.2. The molecule has 114 valence electrons. The molecule has 0 aromatic heterocycles. The Morgan fingerprint density at radius 1 is 1.14 bits per heavy atom. The highest BCUT2D eigenvalue weighted by atomic mass is 16.5. The quantitative estimate of drug-likeness (QED) is 0.718. The Labute approximate surface area is 123 Å². The second-order valence-electron chi connectivity index (χ2n) is 5.50. The Hall–Kier alpha value is -2.04. The van der Waals surface area contributed by atoms with Gasteiger partial charge in [-0.2, -0.15) is 0 Å². The van der Waals surface area contributed by atoms with Gasteiger partial charge in [0.05, 0.1) is 18.1 Å². The highest BCUT2D eigenvalue weighted by Crippen LogP contribution is 2.30. The average molecular weight is 292 g/mol. The number of aromatic hydroxyl groups is 2. The molecule has 0 saturated heterocycles. The molecule has 2 N–H and O–H groups in total. The van der Waals surface area contributed by atoms with Crippen LogP contribution in [-0.2, 0) is 16.0 Å². The van der Waals surface area contributed by atoms with E-state index in [1.807, 2.05) is 6.92 Å². The molecule has 0 saturated carbocycles. The van der Waals surface area contributed by atoms with Crippen molar-refractivity contribution in [1.82, 2.24) is 0 Å². The van der Waals surface area contributed by atoms with E-state index in [4.69, 9.17) is 4.74 Å². The summed E-state index contributed by atoms with van der Waals surface area (Å²) >= 11 is 0. The van der Waals surface area contributed by atoms with Crippen molar-refractivity contribution in [3.05, 3.63) is 23.3 Å². The molecule has 1 aromatic carbocycles. The fourth-order valence-corrected chi connectivity index (χ4v) is 2.63. The molecular weight excluding hydrogens is 272 g/mol. The van der Waals surface area contributed by atoms with Gasteiger partial charge < -0.3 is 14.9 Å². The van der Waals surface area contributed by atoms with Crippen LogP contribution >= 0.6 is 0 Å². The zero-order chi connectivity index (χ0) is 15.4. The Morgan fingerprint density at radius 2 is 1.90 bits per heavy atom. The molecule has 1 aromatic rings. The number of ether oxygens (including phenoxy) is 1. The molecule has 0 spiro atoms. The number of cyclic esters (lactones) is 1. The number of Topliss-reactive ketones (excluding diaryl/α,β-unsaturated/α-hetero) is 1. The SMILES string of the molecule is C[C@H]1CCCCCC(=O)c2c(O)cc(O)cc2CC(=O)O1. The zero-order valence-electron chi connectivity index (χ0n) is 12.1. The number of rotatable bonds is 0. The van der Waals surface area contributed by atoms with Gasteiger partial charge in [0, 0.05) is 12.5 Å². The van der Waals surface area contributed by atoms with Crippen molar-refractivity contribution in [2.24, 2.45) is 0 Å². The van der Waals surface area contributed by atoms with E-state index in [1.165, 1.54) is 6.07 Å². The number of benzene rings is 1. The smallest absolute Gasteiger partial charge is 0.310 e. The number of carbonyl (C=O) groups is 2. The van der Waals surface area contributed by atoms with Crippen LogP contribution in [0.4, 0.5) is 0 Å². The lowest BCUT2D eigenvalue weighted by molar-refractivity contribution is -0.147. The molecule has 21 heavy (non-hydrogen) atoms. The van der Waals surface area contributed by atoms with Gasteiger partial charge in [-0.3, -0.25) is 9.59 Å². The summed E-state index contributed by atoms with van der Waals surface area (Å²) in [4.78, 5) is 24.1. The lowest BCUT2D eigenvalue weighted by atomic mass is 9.95. The number of hydrogen-bond acceptors (Lipinski definition) is 5. The Bertz CT molecular complexity index is 550. The molecule has 0 amide bonds. The van der Waals surface area contributed by atoms with E-state index >= 15 is 0 Å². The third kappa shape index (κ3) is 3.97. The predicted molar refractivity (Wildman–Crippen MR) is 76.4 cm³/mol. The fourth-order valence-electron chi connectivity index (χ4n) is 2.63. The average Bonchev–Trinajstić information content (AvgIpc) is 2.35. The Kier molecular flexibility index (Phi) is 4.83. The van der Waals surface area contributed by atoms with E-state index in [9.17, 15) is 19.8 Å². The first-order valence-corrected chi connectivity index (χ1v) is 7.25. The van der Waals surface area contributed by atoms with E-state index in [-0.39, 0.29) is 35.4 Å². The van der Waals surface area contributed by atoms with Crippen LogP contribution in [-0.4, -0.2) is 28.1 Å². The fraction of sp³-hybridized carbons (Fsp3) is 0.500. The maximum Gasteiger partial charge on any atom is 0.310 e. The molecule has 2 rings (SSSR count). The standard InChI is InChI=1S/C16H20O5/c1-10-5-3-2-4-6-13(18)16-11(8-15(20)21-10)7-12(17)9-14(16)19/h7,9-10,17,19H,2-6,8H2,1H3/t10-/m0/s1. The highest BCUT2D eigenvalue weighted by molar-refractivity contribution is 6.01. The molecule has 5 nitrogen and oxygen atoms in total. The lowest BCUT2D eigenvalue weighted by Gasteiger charge is -2.16. The predicted octanol–water partition coefficient (Wildman–Crippen LogP) is 2.72. The number of ketones is 1. The summed E-state index contributed by atoms with van der Waals surface area (Å²) in [5, 5.41) is 19.5. The topological polar surface area (TPSA) is 83.8 Å². The van der Waals surface area contributed by atoms with Crippen molar-refractivity contribution in [3.8, 4) is 11.5 Å². The van der Waals surface area contributed by atoms with Crippen LogP contribution in [0, 0.1) is 0 Å². The molecule has 1 aliphatic heterocycles. The number of phenols is 2. The summed E-state index contributed by atoms with van der Waals surface area (Å²) in [6, 6.07) is 2.46. The van der Waals surface area contributed by atoms with Gasteiger partial charge in [0.1, 0.15) is 11.5 Å². The summed E-state index contributed by atoms with van der Waals surface area (Å²) in [6.45, 7) is 1.84. The second-order valence-corrected chi connectivity index (χ2v) is 5.50. The van der Waals surface area contributed by atoms with Crippen molar-refractivity contribution in [3.63, 3.8) is 0 Å².